The normalized spacial score (nSPS) is 23.9. The first-order valence-corrected chi connectivity index (χ1v) is 5.82. The molecule has 0 aliphatic carbocycles. The maximum Gasteiger partial charge on any atom is 0.307 e. The molecule has 1 aliphatic heterocycles. The van der Waals surface area contributed by atoms with Crippen molar-refractivity contribution < 1.29 is 15.0 Å². The van der Waals surface area contributed by atoms with Gasteiger partial charge in [-0.15, -0.1) is 0 Å². The van der Waals surface area contributed by atoms with Gasteiger partial charge < -0.3 is 15.5 Å². The molecule has 1 aromatic rings. The molecule has 3 N–H and O–H groups in total. The molecule has 17 heavy (non-hydrogen) atoms. The molecule has 0 aromatic heterocycles. The van der Waals surface area contributed by atoms with Crippen molar-refractivity contribution >= 4 is 17.6 Å². The highest BCUT2D eigenvalue weighted by atomic mass is 35.5. The Labute approximate surface area is 104 Å². The average Bonchev–Trinajstić information content (AvgIpc) is 2.75. The number of aliphatic carboxylic acids is 1. The summed E-state index contributed by atoms with van der Waals surface area (Å²) >= 11 is 6.07. The summed E-state index contributed by atoms with van der Waals surface area (Å²) in [7, 11) is 0. The maximum absolute atomic E-state index is 10.9. The SMILES string of the molecule is Cc1ccc(C2CC(C(=O)O)CN2)c(Cl)c1O. The molecule has 2 rings (SSSR count). The number of halogens is 1. The lowest BCUT2D eigenvalue weighted by Crippen LogP contribution is -2.17. The average molecular weight is 256 g/mol. The van der Waals surface area contributed by atoms with Crippen molar-refractivity contribution in [1.29, 1.82) is 0 Å². The molecule has 2 unspecified atom stereocenters. The molecule has 92 valence electrons. The summed E-state index contributed by atoms with van der Waals surface area (Å²) in [4.78, 5) is 10.9. The van der Waals surface area contributed by atoms with E-state index in [1.807, 2.05) is 6.07 Å². The van der Waals surface area contributed by atoms with Gasteiger partial charge in [0.25, 0.3) is 0 Å². The third-order valence-electron chi connectivity index (χ3n) is 3.20. The van der Waals surface area contributed by atoms with E-state index >= 15 is 0 Å². The van der Waals surface area contributed by atoms with Crippen LogP contribution in [0, 0.1) is 12.8 Å². The Kier molecular flexibility index (Phi) is 3.26. The lowest BCUT2D eigenvalue weighted by atomic mass is 9.99. The number of hydrogen-bond acceptors (Lipinski definition) is 3. The maximum atomic E-state index is 10.9. The molecule has 1 heterocycles. The van der Waals surface area contributed by atoms with Crippen LogP contribution in [0.25, 0.3) is 0 Å². The largest absolute Gasteiger partial charge is 0.506 e. The number of carbonyl (C=O) groups is 1. The summed E-state index contributed by atoms with van der Waals surface area (Å²) in [6.45, 7) is 2.21. The Morgan fingerprint density at radius 2 is 2.24 bits per heavy atom. The summed E-state index contributed by atoms with van der Waals surface area (Å²) in [5.74, 6) is -1.11. The van der Waals surface area contributed by atoms with E-state index in [0.717, 1.165) is 5.56 Å². The van der Waals surface area contributed by atoms with Crippen molar-refractivity contribution in [3.05, 3.63) is 28.3 Å². The standard InChI is InChI=1S/C12H14ClNO3/c1-6-2-3-8(10(13)11(6)15)9-4-7(5-14-9)12(16)17/h2-3,7,9,14-15H,4-5H2,1H3,(H,16,17). The van der Waals surface area contributed by atoms with E-state index in [4.69, 9.17) is 16.7 Å². The van der Waals surface area contributed by atoms with Gasteiger partial charge in [0.2, 0.25) is 0 Å². The van der Waals surface area contributed by atoms with Crippen molar-refractivity contribution in [2.24, 2.45) is 5.92 Å². The lowest BCUT2D eigenvalue weighted by Gasteiger charge is -2.14. The highest BCUT2D eigenvalue weighted by Crippen LogP contribution is 2.37. The number of carboxylic acid groups (broad SMARTS) is 1. The second kappa shape index (κ2) is 4.55. The summed E-state index contributed by atoms with van der Waals surface area (Å²) in [6.07, 6.45) is 0.498. The molecule has 0 radical (unpaired) electrons. The van der Waals surface area contributed by atoms with Crippen LogP contribution in [-0.4, -0.2) is 22.7 Å². The highest BCUT2D eigenvalue weighted by molar-refractivity contribution is 6.33. The molecular formula is C12H14ClNO3. The number of phenols is 1. The van der Waals surface area contributed by atoms with Gasteiger partial charge in [-0.25, -0.2) is 0 Å². The molecule has 1 aromatic carbocycles. The van der Waals surface area contributed by atoms with E-state index in [1.165, 1.54) is 0 Å². The van der Waals surface area contributed by atoms with Crippen LogP contribution < -0.4 is 5.32 Å². The van der Waals surface area contributed by atoms with Gasteiger partial charge in [0.1, 0.15) is 5.75 Å². The summed E-state index contributed by atoms with van der Waals surface area (Å²) < 4.78 is 0. The number of aryl methyl sites for hydroxylation is 1. The van der Waals surface area contributed by atoms with Gasteiger partial charge in [0.05, 0.1) is 10.9 Å². The molecule has 1 aliphatic rings. The molecule has 0 saturated carbocycles. The first-order valence-electron chi connectivity index (χ1n) is 5.45. The van der Waals surface area contributed by atoms with Gasteiger partial charge in [-0.1, -0.05) is 23.7 Å². The van der Waals surface area contributed by atoms with E-state index in [0.29, 0.717) is 23.6 Å². The second-order valence-electron chi connectivity index (χ2n) is 4.37. The first-order chi connectivity index (χ1) is 8.00. The number of nitrogens with one attached hydrogen (secondary N) is 1. The van der Waals surface area contributed by atoms with Crippen LogP contribution >= 0.6 is 11.6 Å². The van der Waals surface area contributed by atoms with Crippen molar-refractivity contribution in [3.63, 3.8) is 0 Å². The van der Waals surface area contributed by atoms with Crippen molar-refractivity contribution in [2.75, 3.05) is 6.54 Å². The Hall–Kier alpha value is -1.26. The number of carboxylic acids is 1. The van der Waals surface area contributed by atoms with Crippen LogP contribution in [0.4, 0.5) is 0 Å². The molecule has 1 fully saturated rings. The zero-order valence-corrected chi connectivity index (χ0v) is 10.2. The molecule has 0 bridgehead atoms. The second-order valence-corrected chi connectivity index (χ2v) is 4.74. The molecule has 0 spiro atoms. The molecule has 0 amide bonds. The fraction of sp³-hybridized carbons (Fsp3) is 0.417. The minimum Gasteiger partial charge on any atom is -0.506 e. The smallest absolute Gasteiger partial charge is 0.307 e. The van der Waals surface area contributed by atoms with Crippen LogP contribution in [0.15, 0.2) is 12.1 Å². The van der Waals surface area contributed by atoms with Gasteiger partial charge in [-0.3, -0.25) is 4.79 Å². The van der Waals surface area contributed by atoms with Crippen LogP contribution in [0.1, 0.15) is 23.6 Å². The summed E-state index contributed by atoms with van der Waals surface area (Å²) in [5, 5.41) is 22.1. The van der Waals surface area contributed by atoms with Gasteiger partial charge in [0.15, 0.2) is 0 Å². The number of phenolic OH excluding ortho intramolecular Hbond substituents is 1. The predicted molar refractivity (Wildman–Crippen MR) is 64.3 cm³/mol. The highest BCUT2D eigenvalue weighted by Gasteiger charge is 2.31. The van der Waals surface area contributed by atoms with E-state index in [2.05, 4.69) is 5.32 Å². The quantitative estimate of drug-likeness (QED) is 0.757. The minimum absolute atomic E-state index is 0.0738. The topological polar surface area (TPSA) is 69.6 Å². The van der Waals surface area contributed by atoms with E-state index in [1.54, 1.807) is 13.0 Å². The van der Waals surface area contributed by atoms with E-state index in [9.17, 15) is 9.90 Å². The van der Waals surface area contributed by atoms with Crippen LogP contribution in [0.5, 0.6) is 5.75 Å². The van der Waals surface area contributed by atoms with Gasteiger partial charge in [-0.2, -0.15) is 0 Å². The van der Waals surface area contributed by atoms with Crippen LogP contribution in [0.3, 0.4) is 0 Å². The Morgan fingerprint density at radius 1 is 1.53 bits per heavy atom. The Balaban J connectivity index is 2.25. The molecule has 5 heteroatoms. The fourth-order valence-electron chi connectivity index (χ4n) is 2.11. The van der Waals surface area contributed by atoms with Crippen molar-refractivity contribution in [1.82, 2.24) is 5.32 Å². The van der Waals surface area contributed by atoms with E-state index < -0.39 is 5.97 Å². The van der Waals surface area contributed by atoms with Gasteiger partial charge >= 0.3 is 5.97 Å². The third-order valence-corrected chi connectivity index (χ3v) is 3.60. The van der Waals surface area contributed by atoms with Crippen LogP contribution in [-0.2, 0) is 4.79 Å². The van der Waals surface area contributed by atoms with Crippen LogP contribution in [0.2, 0.25) is 5.02 Å². The molecule has 2 atom stereocenters. The van der Waals surface area contributed by atoms with Gasteiger partial charge in [0, 0.05) is 12.6 Å². The fourth-order valence-corrected chi connectivity index (χ4v) is 2.45. The predicted octanol–water partition coefficient (Wildman–Crippen LogP) is 2.09. The van der Waals surface area contributed by atoms with Crippen molar-refractivity contribution in [3.8, 4) is 5.75 Å². The monoisotopic (exact) mass is 255 g/mol. The Bertz CT molecular complexity index is 461. The van der Waals surface area contributed by atoms with Crippen molar-refractivity contribution in [2.45, 2.75) is 19.4 Å². The zero-order valence-electron chi connectivity index (χ0n) is 9.40. The molecule has 1 saturated heterocycles. The van der Waals surface area contributed by atoms with Gasteiger partial charge in [-0.05, 0) is 24.5 Å². The lowest BCUT2D eigenvalue weighted by molar-refractivity contribution is -0.141. The molecule has 4 nitrogen and oxygen atoms in total. The summed E-state index contributed by atoms with van der Waals surface area (Å²) in [6, 6.07) is 3.51. The number of hydrogen-bond donors (Lipinski definition) is 3. The summed E-state index contributed by atoms with van der Waals surface area (Å²) in [5.41, 5.74) is 1.48. The number of benzene rings is 1. The third kappa shape index (κ3) is 2.23. The number of rotatable bonds is 2. The minimum atomic E-state index is -0.799. The first kappa shape index (κ1) is 12.2. The molecular weight excluding hydrogens is 242 g/mol. The zero-order chi connectivity index (χ0) is 12.6. The number of aromatic hydroxyl groups is 1. The Morgan fingerprint density at radius 3 is 2.82 bits per heavy atom. The van der Waals surface area contributed by atoms with E-state index in [-0.39, 0.29) is 17.7 Å².